The molecule has 1 rings (SSSR count). The molecular formula is C8H9N3O. The van der Waals surface area contributed by atoms with Gasteiger partial charge in [0.25, 0.3) is 0 Å². The number of nitrogens with two attached hydrogens (primary N) is 1. The molecule has 0 bridgehead atoms. The molecule has 4 nitrogen and oxygen atoms in total. The van der Waals surface area contributed by atoms with Crippen molar-refractivity contribution in [1.82, 2.24) is 0 Å². The summed E-state index contributed by atoms with van der Waals surface area (Å²) in [5.74, 6) is -0.501. The van der Waals surface area contributed by atoms with Crippen molar-refractivity contribution >= 4 is 5.91 Å². The molecular weight excluding hydrogens is 154 g/mol. The first-order valence-electron chi connectivity index (χ1n) is 3.50. The summed E-state index contributed by atoms with van der Waals surface area (Å²) in [5.41, 5.74) is 5.05. The van der Waals surface area contributed by atoms with E-state index in [4.69, 9.17) is 5.73 Å². The average Bonchev–Trinajstić information content (AvgIpc) is 2.15. The second-order valence-corrected chi connectivity index (χ2v) is 2.19. The van der Waals surface area contributed by atoms with E-state index in [1.165, 1.54) is 6.20 Å². The van der Waals surface area contributed by atoms with E-state index in [9.17, 15) is 4.79 Å². The Morgan fingerprint density at radius 1 is 1.25 bits per heavy atom. The molecule has 0 fully saturated rings. The van der Waals surface area contributed by atoms with Gasteiger partial charge in [-0.3, -0.25) is 4.79 Å². The van der Waals surface area contributed by atoms with E-state index in [1.54, 1.807) is 30.4 Å². The maximum Gasteiger partial charge on any atom is 0.248 e. The summed E-state index contributed by atoms with van der Waals surface area (Å²) in [5, 5.41) is 7.31. The number of primary amides is 1. The minimum Gasteiger partial charge on any atom is -0.367 e. The molecule has 0 saturated heterocycles. The molecule has 4 heteroatoms. The monoisotopic (exact) mass is 163 g/mol. The molecule has 1 heterocycles. The van der Waals surface area contributed by atoms with Crippen molar-refractivity contribution in [2.24, 2.45) is 16.0 Å². The van der Waals surface area contributed by atoms with Crippen LogP contribution in [0.2, 0.25) is 0 Å². The van der Waals surface area contributed by atoms with E-state index in [0.717, 1.165) is 0 Å². The fraction of sp³-hybridized carbons (Fsp3) is 0.125. The van der Waals surface area contributed by atoms with Gasteiger partial charge >= 0.3 is 0 Å². The first-order valence-corrected chi connectivity index (χ1v) is 3.50. The van der Waals surface area contributed by atoms with Crippen LogP contribution in [0.5, 0.6) is 0 Å². The van der Waals surface area contributed by atoms with Crippen molar-refractivity contribution < 1.29 is 4.79 Å². The number of rotatable bonds is 1. The highest BCUT2D eigenvalue weighted by Crippen LogP contribution is 1.97. The van der Waals surface area contributed by atoms with Crippen LogP contribution in [0.4, 0.5) is 0 Å². The predicted octanol–water partition coefficient (Wildman–Crippen LogP) is 0.932. The minimum absolute atomic E-state index is 0.501. The Hall–Kier alpha value is -1.71. The molecule has 1 amide bonds. The molecule has 0 spiro atoms. The van der Waals surface area contributed by atoms with Crippen molar-refractivity contribution in [3.8, 4) is 0 Å². The van der Waals surface area contributed by atoms with E-state index in [-0.39, 0.29) is 0 Å². The molecule has 1 atom stereocenters. The summed E-state index contributed by atoms with van der Waals surface area (Å²) in [4.78, 5) is 10.7. The van der Waals surface area contributed by atoms with Gasteiger partial charge in [-0.05, 0) is 12.2 Å². The first kappa shape index (κ1) is 8.39. The summed E-state index contributed by atoms with van der Waals surface area (Å²) in [6, 6.07) is -0.655. The second-order valence-electron chi connectivity index (χ2n) is 2.19. The van der Waals surface area contributed by atoms with Crippen molar-refractivity contribution in [2.75, 3.05) is 0 Å². The average molecular weight is 163 g/mol. The van der Waals surface area contributed by atoms with Crippen LogP contribution in [-0.4, -0.2) is 11.9 Å². The molecule has 2 N–H and O–H groups in total. The zero-order chi connectivity index (χ0) is 8.81. The van der Waals surface area contributed by atoms with Crippen molar-refractivity contribution in [3.05, 3.63) is 36.6 Å². The predicted molar refractivity (Wildman–Crippen MR) is 45.3 cm³/mol. The molecule has 1 aliphatic heterocycles. The summed E-state index contributed by atoms with van der Waals surface area (Å²) in [6.07, 6.45) is 10.1. The molecule has 0 radical (unpaired) electrons. The van der Waals surface area contributed by atoms with Crippen LogP contribution in [-0.2, 0) is 4.79 Å². The number of azo groups is 1. The normalized spacial score (nSPS) is 21.5. The van der Waals surface area contributed by atoms with Crippen molar-refractivity contribution in [3.63, 3.8) is 0 Å². The summed E-state index contributed by atoms with van der Waals surface area (Å²) >= 11 is 0. The van der Waals surface area contributed by atoms with Crippen molar-refractivity contribution in [1.29, 1.82) is 0 Å². The third-order valence-electron chi connectivity index (χ3n) is 1.26. The van der Waals surface area contributed by atoms with Gasteiger partial charge in [-0.2, -0.15) is 10.2 Å². The number of hydrogen-bond donors (Lipinski definition) is 1. The van der Waals surface area contributed by atoms with Crippen LogP contribution >= 0.6 is 0 Å². The topological polar surface area (TPSA) is 67.8 Å². The van der Waals surface area contributed by atoms with E-state index in [2.05, 4.69) is 10.2 Å². The first-order chi connectivity index (χ1) is 5.80. The fourth-order valence-corrected chi connectivity index (χ4v) is 0.686. The van der Waals surface area contributed by atoms with Gasteiger partial charge in [0.15, 0.2) is 6.04 Å². The molecule has 12 heavy (non-hydrogen) atoms. The van der Waals surface area contributed by atoms with E-state index in [1.807, 2.05) is 0 Å². The maximum absolute atomic E-state index is 10.7. The largest absolute Gasteiger partial charge is 0.367 e. The van der Waals surface area contributed by atoms with Crippen LogP contribution in [0.1, 0.15) is 0 Å². The molecule has 0 aromatic rings. The number of carbonyl (C=O) groups excluding carboxylic acids is 1. The van der Waals surface area contributed by atoms with E-state index < -0.39 is 11.9 Å². The quantitative estimate of drug-likeness (QED) is 0.613. The van der Waals surface area contributed by atoms with E-state index >= 15 is 0 Å². The molecule has 0 aliphatic carbocycles. The minimum atomic E-state index is -0.655. The lowest BCUT2D eigenvalue weighted by atomic mass is 10.2. The lowest BCUT2D eigenvalue weighted by Crippen LogP contribution is -2.24. The summed E-state index contributed by atoms with van der Waals surface area (Å²) in [6.45, 7) is 0. The lowest BCUT2D eigenvalue weighted by Gasteiger charge is -1.97. The van der Waals surface area contributed by atoms with Gasteiger partial charge in [-0.15, -0.1) is 0 Å². The summed E-state index contributed by atoms with van der Waals surface area (Å²) < 4.78 is 0. The van der Waals surface area contributed by atoms with Gasteiger partial charge < -0.3 is 5.73 Å². The highest BCUT2D eigenvalue weighted by molar-refractivity contribution is 5.82. The Morgan fingerprint density at radius 2 is 2.00 bits per heavy atom. The van der Waals surface area contributed by atoms with Crippen LogP contribution in [0.15, 0.2) is 46.8 Å². The standard InChI is InChI=1S/C8H9N3O/c9-8(12)7-5-3-1-2-4-6-10-11-7/h1-7H,(H2,9,12). The van der Waals surface area contributed by atoms with Gasteiger partial charge in [-0.25, -0.2) is 0 Å². The Balaban J connectivity index is 2.81. The van der Waals surface area contributed by atoms with Gasteiger partial charge in [0, 0.05) is 6.20 Å². The van der Waals surface area contributed by atoms with Crippen LogP contribution in [0.25, 0.3) is 0 Å². The maximum atomic E-state index is 10.7. The zero-order valence-electron chi connectivity index (χ0n) is 6.42. The lowest BCUT2D eigenvalue weighted by molar-refractivity contribution is -0.118. The molecule has 1 unspecified atom stereocenters. The van der Waals surface area contributed by atoms with Gasteiger partial charge in [0.2, 0.25) is 5.91 Å². The van der Waals surface area contributed by atoms with Gasteiger partial charge in [0.1, 0.15) is 0 Å². The molecule has 0 saturated carbocycles. The molecule has 1 aliphatic rings. The molecule has 0 aromatic heterocycles. The third-order valence-corrected chi connectivity index (χ3v) is 1.26. The Bertz CT molecular complexity index is 254. The summed E-state index contributed by atoms with van der Waals surface area (Å²) in [7, 11) is 0. The smallest absolute Gasteiger partial charge is 0.248 e. The van der Waals surface area contributed by atoms with Crippen LogP contribution < -0.4 is 5.73 Å². The number of nitrogens with zero attached hydrogens (tertiary/aromatic N) is 2. The SMILES string of the molecule is NC(=O)C1C=CC=CC=CN=N1. The van der Waals surface area contributed by atoms with Crippen LogP contribution in [0.3, 0.4) is 0 Å². The number of allylic oxidation sites excluding steroid dienone is 4. The Morgan fingerprint density at radius 3 is 2.75 bits per heavy atom. The highest BCUT2D eigenvalue weighted by atomic mass is 16.1. The third kappa shape index (κ3) is 2.49. The second kappa shape index (κ2) is 4.23. The number of amides is 1. The van der Waals surface area contributed by atoms with Gasteiger partial charge in [-0.1, -0.05) is 18.2 Å². The van der Waals surface area contributed by atoms with Crippen molar-refractivity contribution in [2.45, 2.75) is 6.04 Å². The number of carbonyl (C=O) groups is 1. The highest BCUT2D eigenvalue weighted by Gasteiger charge is 2.08. The van der Waals surface area contributed by atoms with E-state index in [0.29, 0.717) is 0 Å². The molecule has 62 valence electrons. The Kier molecular flexibility index (Phi) is 2.95. The number of hydrogen-bond acceptors (Lipinski definition) is 3. The molecule has 0 aromatic carbocycles. The zero-order valence-corrected chi connectivity index (χ0v) is 6.42. The van der Waals surface area contributed by atoms with Crippen LogP contribution in [0, 0.1) is 0 Å². The Labute approximate surface area is 70.2 Å². The van der Waals surface area contributed by atoms with Gasteiger partial charge in [0.05, 0.1) is 0 Å². The fourth-order valence-electron chi connectivity index (χ4n) is 0.686.